The van der Waals surface area contributed by atoms with Crippen LogP contribution in [0.1, 0.15) is 10.5 Å². The fraction of sp³-hybridized carbons (Fsp3) is 0.286. The average molecular weight is 332 g/mol. The van der Waals surface area contributed by atoms with Gasteiger partial charge in [0.2, 0.25) is 0 Å². The Morgan fingerprint density at radius 3 is 2.79 bits per heavy atom. The molecule has 0 atom stereocenters. The van der Waals surface area contributed by atoms with Crippen molar-refractivity contribution in [2.75, 3.05) is 0 Å². The Labute approximate surface area is 113 Å². The molecule has 2 rings (SSSR count). The molecule has 0 radical (unpaired) electrons. The summed E-state index contributed by atoms with van der Waals surface area (Å²) in [5.74, 6) is -1.69. The van der Waals surface area contributed by atoms with Crippen LogP contribution < -0.4 is 0 Å². The summed E-state index contributed by atoms with van der Waals surface area (Å²) < 4.78 is 2.77. The van der Waals surface area contributed by atoms with E-state index in [-0.39, 0.29) is 23.5 Å². The van der Waals surface area contributed by atoms with E-state index in [2.05, 4.69) is 36.3 Å². The normalized spacial score (nSPS) is 10.6. The molecule has 2 aromatic heterocycles. The van der Waals surface area contributed by atoms with Crippen LogP contribution in [0.5, 0.6) is 0 Å². The van der Waals surface area contributed by atoms with E-state index in [9.17, 15) is 14.9 Å². The Kier molecular flexibility index (Phi) is 3.50. The molecule has 0 unspecified atom stereocenters. The lowest BCUT2D eigenvalue weighted by atomic mass is 10.5. The molecule has 2 aromatic rings. The summed E-state index contributed by atoms with van der Waals surface area (Å²) in [5.41, 5.74) is -0.177. The fourth-order valence-corrected chi connectivity index (χ4v) is 1.65. The van der Waals surface area contributed by atoms with Gasteiger partial charge in [0.1, 0.15) is 0 Å². The number of aromatic carboxylic acids is 1. The van der Waals surface area contributed by atoms with E-state index in [1.165, 1.54) is 15.6 Å². The monoisotopic (exact) mass is 331 g/mol. The zero-order valence-corrected chi connectivity index (χ0v) is 10.8. The molecule has 0 fully saturated rings. The number of hydrogen-bond acceptors (Lipinski definition) is 7. The highest BCUT2D eigenvalue weighted by molar-refractivity contribution is 9.10. The molecule has 11 nitrogen and oxygen atoms in total. The van der Waals surface area contributed by atoms with Crippen molar-refractivity contribution in [3.05, 3.63) is 26.7 Å². The van der Waals surface area contributed by atoms with Gasteiger partial charge in [-0.05, 0) is 9.91 Å². The highest BCUT2D eigenvalue weighted by Gasteiger charge is 2.19. The number of nitro groups is 1. The summed E-state index contributed by atoms with van der Waals surface area (Å²) in [7, 11) is 0. The number of aryl methyl sites for hydroxylation is 2. The second-order valence-corrected chi connectivity index (χ2v) is 4.04. The van der Waals surface area contributed by atoms with E-state index in [4.69, 9.17) is 5.11 Å². The average Bonchev–Trinajstić information content (AvgIpc) is 2.93. The quantitative estimate of drug-likeness (QED) is 0.592. The van der Waals surface area contributed by atoms with Gasteiger partial charge in [0.05, 0.1) is 19.3 Å². The largest absolute Gasteiger partial charge is 0.492 e. The smallest absolute Gasteiger partial charge is 0.476 e. The van der Waals surface area contributed by atoms with Gasteiger partial charge in [-0.1, -0.05) is 5.21 Å². The molecule has 0 aliphatic carbocycles. The molecule has 1 N–H and O–H groups in total. The molecular weight excluding hydrogens is 326 g/mol. The van der Waals surface area contributed by atoms with E-state index in [1.54, 1.807) is 0 Å². The second-order valence-electron chi connectivity index (χ2n) is 3.33. The van der Waals surface area contributed by atoms with E-state index in [0.717, 1.165) is 0 Å². The van der Waals surface area contributed by atoms with Crippen LogP contribution in [0.3, 0.4) is 0 Å². The van der Waals surface area contributed by atoms with E-state index in [0.29, 0.717) is 0 Å². The number of halogens is 1. The predicted octanol–water partition coefficient (Wildman–Crippen LogP) is -0.0613. The Morgan fingerprint density at radius 2 is 2.26 bits per heavy atom. The molecule has 12 heteroatoms. The number of carbonyl (C=O) groups is 1. The van der Waals surface area contributed by atoms with Crippen molar-refractivity contribution in [1.29, 1.82) is 0 Å². The molecule has 0 spiro atoms. The first-order chi connectivity index (χ1) is 8.97. The highest BCUT2D eigenvalue weighted by Crippen LogP contribution is 2.11. The van der Waals surface area contributed by atoms with E-state index >= 15 is 0 Å². The van der Waals surface area contributed by atoms with Gasteiger partial charge in [0.15, 0.2) is 5.69 Å². The number of rotatable bonds is 5. The maximum absolute atomic E-state index is 10.6. The van der Waals surface area contributed by atoms with Gasteiger partial charge in [-0.2, -0.15) is 4.68 Å². The van der Waals surface area contributed by atoms with Gasteiger partial charge in [-0.15, -0.1) is 5.10 Å². The zero-order chi connectivity index (χ0) is 14.0. The summed E-state index contributed by atoms with van der Waals surface area (Å²) in [6, 6.07) is 0. The van der Waals surface area contributed by atoms with Crippen molar-refractivity contribution in [1.82, 2.24) is 29.8 Å². The molecule has 19 heavy (non-hydrogen) atoms. The van der Waals surface area contributed by atoms with Crippen LogP contribution in [-0.4, -0.2) is 45.8 Å². The van der Waals surface area contributed by atoms with Gasteiger partial charge in [0, 0.05) is 21.0 Å². The molecule has 0 saturated carbocycles. The Hall–Kier alpha value is -2.37. The van der Waals surface area contributed by atoms with Gasteiger partial charge >= 0.3 is 11.9 Å². The standard InChI is InChI=1S/C7H6BrN7O4/c8-6-9-7(15(18)19)11-14(6)2-1-13-3-4(5(16)17)10-12-13/h3H,1-2H2,(H,16,17). The molecule has 0 aliphatic heterocycles. The minimum Gasteiger partial charge on any atom is -0.476 e. The third-order valence-corrected chi connectivity index (χ3v) is 2.66. The van der Waals surface area contributed by atoms with Crippen molar-refractivity contribution >= 4 is 27.8 Å². The number of carboxylic acid groups (broad SMARTS) is 1. The van der Waals surface area contributed by atoms with Crippen LogP contribution >= 0.6 is 15.9 Å². The van der Waals surface area contributed by atoms with Gasteiger partial charge < -0.3 is 15.2 Å². The Bertz CT molecular complexity index is 635. The van der Waals surface area contributed by atoms with Crippen LogP contribution in [-0.2, 0) is 13.1 Å². The lowest BCUT2D eigenvalue weighted by Gasteiger charge is -1.97. The van der Waals surface area contributed by atoms with Crippen LogP contribution in [0.4, 0.5) is 5.95 Å². The molecule has 0 aromatic carbocycles. The molecular formula is C7H6BrN7O4. The summed E-state index contributed by atoms with van der Waals surface area (Å²) in [5, 5.41) is 29.8. The molecule has 0 bridgehead atoms. The predicted molar refractivity (Wildman–Crippen MR) is 61.4 cm³/mol. The number of aromatic nitrogens is 6. The van der Waals surface area contributed by atoms with Gasteiger partial charge in [-0.3, -0.25) is 0 Å². The summed E-state index contributed by atoms with van der Waals surface area (Å²) in [6.45, 7) is 0.475. The second kappa shape index (κ2) is 5.09. The van der Waals surface area contributed by atoms with Crippen LogP contribution in [0.25, 0.3) is 0 Å². The Morgan fingerprint density at radius 1 is 1.53 bits per heavy atom. The van der Waals surface area contributed by atoms with Gasteiger partial charge in [0.25, 0.3) is 4.73 Å². The number of carboxylic acids is 1. The van der Waals surface area contributed by atoms with Gasteiger partial charge in [-0.25, -0.2) is 9.48 Å². The first-order valence-electron chi connectivity index (χ1n) is 4.85. The number of hydrogen-bond donors (Lipinski definition) is 1. The van der Waals surface area contributed by atoms with E-state index in [1.807, 2.05) is 0 Å². The fourth-order valence-electron chi connectivity index (χ4n) is 1.23. The molecule has 100 valence electrons. The third-order valence-electron chi connectivity index (χ3n) is 2.08. The molecule has 0 saturated heterocycles. The van der Waals surface area contributed by atoms with Crippen LogP contribution in [0.2, 0.25) is 0 Å². The molecule has 2 heterocycles. The topological polar surface area (TPSA) is 142 Å². The minimum atomic E-state index is -1.18. The summed E-state index contributed by atoms with van der Waals surface area (Å²) in [4.78, 5) is 23.9. The SMILES string of the molecule is O=C(O)c1cn(CCn2nc([N+](=O)[O-])nc2Br)nn1. The van der Waals surface area contributed by atoms with Crippen molar-refractivity contribution in [2.24, 2.45) is 0 Å². The first kappa shape index (κ1) is 13.1. The van der Waals surface area contributed by atoms with Crippen molar-refractivity contribution in [2.45, 2.75) is 13.1 Å². The summed E-state index contributed by atoms with van der Waals surface area (Å²) in [6.07, 6.45) is 1.25. The Balaban J connectivity index is 2.05. The van der Waals surface area contributed by atoms with Crippen molar-refractivity contribution in [3.8, 4) is 0 Å². The maximum Gasteiger partial charge on any atom is 0.492 e. The third kappa shape index (κ3) is 2.90. The molecule has 0 amide bonds. The summed E-state index contributed by atoms with van der Waals surface area (Å²) >= 11 is 3.03. The zero-order valence-electron chi connectivity index (χ0n) is 9.17. The van der Waals surface area contributed by atoms with Crippen LogP contribution in [0.15, 0.2) is 10.9 Å². The maximum atomic E-state index is 10.6. The number of nitrogens with zero attached hydrogens (tertiary/aromatic N) is 7. The minimum absolute atomic E-state index is 0.177. The van der Waals surface area contributed by atoms with E-state index < -0.39 is 16.8 Å². The van der Waals surface area contributed by atoms with Crippen LogP contribution in [0, 0.1) is 10.1 Å². The van der Waals surface area contributed by atoms with Crippen molar-refractivity contribution in [3.63, 3.8) is 0 Å². The first-order valence-corrected chi connectivity index (χ1v) is 5.65. The highest BCUT2D eigenvalue weighted by atomic mass is 79.9. The lowest BCUT2D eigenvalue weighted by molar-refractivity contribution is -0.394. The molecule has 0 aliphatic rings. The van der Waals surface area contributed by atoms with Crippen molar-refractivity contribution < 1.29 is 14.8 Å². The lowest BCUT2D eigenvalue weighted by Crippen LogP contribution is -2.09.